The number of benzene rings is 1. The number of carboxylic acid groups (broad SMARTS) is 1. The maximum atomic E-state index is 10.9. The molecule has 108 valence electrons. The highest BCUT2D eigenvalue weighted by Crippen LogP contribution is 2.40. The number of aliphatic carboxylic acids is 1. The lowest BCUT2D eigenvalue weighted by molar-refractivity contribution is -0.142. The fraction of sp³-hybridized carbons (Fsp3) is 0.588. The van der Waals surface area contributed by atoms with E-state index in [9.17, 15) is 4.79 Å². The van der Waals surface area contributed by atoms with E-state index in [1.54, 1.807) is 0 Å². The van der Waals surface area contributed by atoms with Crippen LogP contribution in [0.3, 0.4) is 0 Å². The van der Waals surface area contributed by atoms with Gasteiger partial charge in [0.05, 0.1) is 5.92 Å². The van der Waals surface area contributed by atoms with Crippen LogP contribution in [0.5, 0.6) is 0 Å². The highest BCUT2D eigenvalue weighted by Gasteiger charge is 2.26. The molecule has 0 atom stereocenters. The quantitative estimate of drug-likeness (QED) is 0.865. The number of hydrogen-bond donors (Lipinski definition) is 2. The van der Waals surface area contributed by atoms with Crippen molar-refractivity contribution in [3.8, 4) is 0 Å². The average molecular weight is 273 g/mol. The minimum Gasteiger partial charge on any atom is -0.481 e. The van der Waals surface area contributed by atoms with E-state index in [-0.39, 0.29) is 5.92 Å². The second kappa shape index (κ2) is 5.96. The van der Waals surface area contributed by atoms with Gasteiger partial charge in [-0.3, -0.25) is 4.79 Å². The number of nitrogens with one attached hydrogen (secondary N) is 1. The van der Waals surface area contributed by atoms with Crippen molar-refractivity contribution in [2.45, 2.75) is 57.0 Å². The summed E-state index contributed by atoms with van der Waals surface area (Å²) < 4.78 is 0. The van der Waals surface area contributed by atoms with Crippen LogP contribution in [0, 0.1) is 5.92 Å². The molecule has 2 saturated carbocycles. The standard InChI is InChI=1S/C17H23NO2/c19-17(20)14-6-8-16(9-7-14)18-11-12-2-1-3-15(10-12)13-4-5-13/h1-3,10,13-14,16,18H,4-9,11H2,(H,19,20). The van der Waals surface area contributed by atoms with Crippen molar-refractivity contribution in [3.63, 3.8) is 0 Å². The van der Waals surface area contributed by atoms with Crippen LogP contribution in [0.15, 0.2) is 24.3 Å². The first kappa shape index (κ1) is 13.6. The number of hydrogen-bond acceptors (Lipinski definition) is 2. The van der Waals surface area contributed by atoms with Gasteiger partial charge in [0, 0.05) is 12.6 Å². The van der Waals surface area contributed by atoms with Gasteiger partial charge in [-0.05, 0) is 55.6 Å². The smallest absolute Gasteiger partial charge is 0.306 e. The largest absolute Gasteiger partial charge is 0.481 e. The summed E-state index contributed by atoms with van der Waals surface area (Å²) in [4.78, 5) is 10.9. The van der Waals surface area contributed by atoms with E-state index in [1.165, 1.54) is 24.0 Å². The molecule has 2 aliphatic carbocycles. The molecule has 2 fully saturated rings. The van der Waals surface area contributed by atoms with E-state index in [4.69, 9.17) is 5.11 Å². The van der Waals surface area contributed by atoms with Crippen molar-refractivity contribution in [3.05, 3.63) is 35.4 Å². The SMILES string of the molecule is O=C(O)C1CCC(NCc2cccc(C3CC3)c2)CC1. The Kier molecular flexibility index (Phi) is 4.06. The lowest BCUT2D eigenvalue weighted by atomic mass is 9.86. The van der Waals surface area contributed by atoms with Crippen LogP contribution in [-0.2, 0) is 11.3 Å². The van der Waals surface area contributed by atoms with E-state index in [0.29, 0.717) is 6.04 Å². The van der Waals surface area contributed by atoms with Crippen LogP contribution in [0.2, 0.25) is 0 Å². The van der Waals surface area contributed by atoms with Gasteiger partial charge in [0.1, 0.15) is 0 Å². The second-order valence-corrected chi connectivity index (χ2v) is 6.29. The lowest BCUT2D eigenvalue weighted by Crippen LogP contribution is -2.34. The molecule has 2 N–H and O–H groups in total. The summed E-state index contributed by atoms with van der Waals surface area (Å²) in [5.74, 6) is 0.0628. The average Bonchev–Trinajstić information content (AvgIpc) is 3.30. The third-order valence-corrected chi connectivity index (χ3v) is 4.67. The molecule has 0 aromatic heterocycles. The summed E-state index contributed by atoms with van der Waals surface area (Å²) in [6.07, 6.45) is 6.29. The Bertz CT molecular complexity index is 474. The molecule has 3 nitrogen and oxygen atoms in total. The molecule has 1 aromatic rings. The molecule has 0 unspecified atom stereocenters. The van der Waals surface area contributed by atoms with Crippen LogP contribution in [-0.4, -0.2) is 17.1 Å². The molecule has 3 rings (SSSR count). The van der Waals surface area contributed by atoms with E-state index < -0.39 is 5.97 Å². The van der Waals surface area contributed by atoms with Crippen molar-refractivity contribution >= 4 is 5.97 Å². The minimum absolute atomic E-state index is 0.119. The molecule has 0 amide bonds. The molecule has 1 aromatic carbocycles. The first-order valence-electron chi connectivity index (χ1n) is 7.77. The van der Waals surface area contributed by atoms with Gasteiger partial charge in [-0.1, -0.05) is 24.3 Å². The third-order valence-electron chi connectivity index (χ3n) is 4.67. The first-order chi connectivity index (χ1) is 9.72. The topological polar surface area (TPSA) is 49.3 Å². The van der Waals surface area contributed by atoms with E-state index in [0.717, 1.165) is 38.1 Å². The fourth-order valence-electron chi connectivity index (χ4n) is 3.18. The van der Waals surface area contributed by atoms with Crippen LogP contribution >= 0.6 is 0 Å². The van der Waals surface area contributed by atoms with E-state index in [1.807, 2.05) is 0 Å². The molecule has 0 aliphatic heterocycles. The number of carboxylic acids is 1. The first-order valence-corrected chi connectivity index (χ1v) is 7.77. The molecule has 2 aliphatic rings. The van der Waals surface area contributed by atoms with Gasteiger partial charge < -0.3 is 10.4 Å². The van der Waals surface area contributed by atoms with Crippen molar-refractivity contribution in [1.29, 1.82) is 0 Å². The van der Waals surface area contributed by atoms with E-state index in [2.05, 4.69) is 29.6 Å². The molecular weight excluding hydrogens is 250 g/mol. The Morgan fingerprint density at radius 1 is 1.15 bits per heavy atom. The van der Waals surface area contributed by atoms with Gasteiger partial charge >= 0.3 is 5.97 Å². The van der Waals surface area contributed by atoms with Gasteiger partial charge in [-0.2, -0.15) is 0 Å². The molecule has 0 bridgehead atoms. The van der Waals surface area contributed by atoms with Crippen LogP contribution in [0.25, 0.3) is 0 Å². The molecule has 20 heavy (non-hydrogen) atoms. The van der Waals surface area contributed by atoms with Gasteiger partial charge in [0.15, 0.2) is 0 Å². The fourth-order valence-corrected chi connectivity index (χ4v) is 3.18. The summed E-state index contributed by atoms with van der Waals surface area (Å²) in [6, 6.07) is 9.38. The van der Waals surface area contributed by atoms with Crippen LogP contribution < -0.4 is 5.32 Å². The zero-order chi connectivity index (χ0) is 13.9. The van der Waals surface area contributed by atoms with Crippen molar-refractivity contribution in [2.75, 3.05) is 0 Å². The molecule has 3 heteroatoms. The predicted octanol–water partition coefficient (Wildman–Crippen LogP) is 3.30. The molecule has 0 heterocycles. The summed E-state index contributed by atoms with van der Waals surface area (Å²) in [7, 11) is 0. The summed E-state index contributed by atoms with van der Waals surface area (Å²) >= 11 is 0. The Morgan fingerprint density at radius 3 is 2.55 bits per heavy atom. The molecule has 0 radical (unpaired) electrons. The molecular formula is C17H23NO2. The maximum Gasteiger partial charge on any atom is 0.306 e. The Balaban J connectivity index is 1.48. The Hall–Kier alpha value is -1.35. The van der Waals surface area contributed by atoms with Crippen molar-refractivity contribution in [2.24, 2.45) is 5.92 Å². The molecule has 0 spiro atoms. The Morgan fingerprint density at radius 2 is 1.90 bits per heavy atom. The Labute approximate surface area is 120 Å². The zero-order valence-corrected chi connectivity index (χ0v) is 11.8. The summed E-state index contributed by atoms with van der Waals surface area (Å²) in [6.45, 7) is 0.906. The number of carbonyl (C=O) groups is 1. The van der Waals surface area contributed by atoms with Gasteiger partial charge in [-0.15, -0.1) is 0 Å². The van der Waals surface area contributed by atoms with Gasteiger partial charge in [-0.25, -0.2) is 0 Å². The highest BCUT2D eigenvalue weighted by atomic mass is 16.4. The van der Waals surface area contributed by atoms with Crippen LogP contribution in [0.4, 0.5) is 0 Å². The van der Waals surface area contributed by atoms with Crippen molar-refractivity contribution in [1.82, 2.24) is 5.32 Å². The lowest BCUT2D eigenvalue weighted by Gasteiger charge is -2.27. The second-order valence-electron chi connectivity index (χ2n) is 6.29. The summed E-state index contributed by atoms with van der Waals surface area (Å²) in [5.41, 5.74) is 2.84. The third kappa shape index (κ3) is 3.40. The minimum atomic E-state index is -0.624. The predicted molar refractivity (Wildman–Crippen MR) is 78.6 cm³/mol. The van der Waals surface area contributed by atoms with Gasteiger partial charge in [0.2, 0.25) is 0 Å². The van der Waals surface area contributed by atoms with Crippen molar-refractivity contribution < 1.29 is 9.90 Å². The normalized spacial score (nSPS) is 26.4. The highest BCUT2D eigenvalue weighted by molar-refractivity contribution is 5.70. The monoisotopic (exact) mass is 273 g/mol. The van der Waals surface area contributed by atoms with Crippen LogP contribution in [0.1, 0.15) is 55.6 Å². The van der Waals surface area contributed by atoms with Gasteiger partial charge in [0.25, 0.3) is 0 Å². The number of rotatable bonds is 5. The molecule has 0 saturated heterocycles. The maximum absolute atomic E-state index is 10.9. The van der Waals surface area contributed by atoms with E-state index >= 15 is 0 Å². The zero-order valence-electron chi connectivity index (χ0n) is 11.8. The summed E-state index contributed by atoms with van der Waals surface area (Å²) in [5, 5.41) is 12.6.